The Balaban J connectivity index is 1.60. The molecule has 0 spiro atoms. The minimum absolute atomic E-state index is 0.610. The van der Waals surface area contributed by atoms with E-state index in [9.17, 15) is 0 Å². The van der Waals surface area contributed by atoms with Crippen molar-refractivity contribution < 1.29 is 4.74 Å². The Hall–Kier alpha value is -0.510. The Morgan fingerprint density at radius 2 is 2.24 bits per heavy atom. The van der Waals surface area contributed by atoms with Crippen LogP contribution in [0, 0.1) is 0 Å². The van der Waals surface area contributed by atoms with Crippen LogP contribution in [-0.2, 0) is 11.2 Å². The third-order valence-corrected chi connectivity index (χ3v) is 4.16. The zero-order valence-corrected chi connectivity index (χ0v) is 11.3. The van der Waals surface area contributed by atoms with E-state index in [-0.39, 0.29) is 0 Å². The molecular formula is C14H21NOS. The largest absolute Gasteiger partial charge is 0.379 e. The van der Waals surface area contributed by atoms with Crippen molar-refractivity contribution in [2.75, 3.05) is 26.3 Å². The molecule has 1 atom stereocenters. The van der Waals surface area contributed by atoms with E-state index in [2.05, 4.69) is 36.5 Å². The third-order valence-electron chi connectivity index (χ3n) is 2.87. The van der Waals surface area contributed by atoms with Crippen LogP contribution in [0.25, 0.3) is 0 Å². The molecule has 1 aromatic rings. The number of rotatable bonds is 7. The van der Waals surface area contributed by atoms with Gasteiger partial charge in [-0.2, -0.15) is 0 Å². The molecule has 1 unspecified atom stereocenters. The molecule has 0 saturated heterocycles. The zero-order valence-electron chi connectivity index (χ0n) is 10.4. The van der Waals surface area contributed by atoms with E-state index >= 15 is 0 Å². The van der Waals surface area contributed by atoms with E-state index in [1.807, 2.05) is 11.8 Å². The smallest absolute Gasteiger partial charge is 0.0592 e. The average Bonchev–Trinajstić information content (AvgIpc) is 2.76. The first-order valence-electron chi connectivity index (χ1n) is 6.43. The fourth-order valence-electron chi connectivity index (χ4n) is 2.01. The van der Waals surface area contributed by atoms with Crippen molar-refractivity contribution in [3.8, 4) is 0 Å². The monoisotopic (exact) mass is 251 g/mol. The van der Waals surface area contributed by atoms with Crippen molar-refractivity contribution in [3.63, 3.8) is 0 Å². The van der Waals surface area contributed by atoms with E-state index in [4.69, 9.17) is 4.74 Å². The summed E-state index contributed by atoms with van der Waals surface area (Å²) in [5, 5.41) is 3.96. The molecule has 0 fully saturated rings. The molecule has 2 nitrogen and oxygen atoms in total. The van der Waals surface area contributed by atoms with Crippen LogP contribution in [0.1, 0.15) is 18.9 Å². The predicted molar refractivity (Wildman–Crippen MR) is 73.8 cm³/mol. The second-order valence-electron chi connectivity index (χ2n) is 4.38. The van der Waals surface area contributed by atoms with Crippen LogP contribution in [0.5, 0.6) is 0 Å². The van der Waals surface area contributed by atoms with Crippen LogP contribution in [0.2, 0.25) is 0 Å². The number of thioether (sulfide) groups is 1. The average molecular weight is 251 g/mol. The number of hydrogen-bond acceptors (Lipinski definition) is 3. The molecule has 0 bridgehead atoms. The van der Waals surface area contributed by atoms with Crippen molar-refractivity contribution in [3.05, 3.63) is 29.8 Å². The number of hydrogen-bond donors (Lipinski definition) is 1. The van der Waals surface area contributed by atoms with Crippen LogP contribution in [0.4, 0.5) is 0 Å². The lowest BCUT2D eigenvalue weighted by Crippen LogP contribution is -2.22. The second kappa shape index (κ2) is 7.04. The Labute approximate surface area is 108 Å². The van der Waals surface area contributed by atoms with Crippen LogP contribution in [-0.4, -0.2) is 31.6 Å². The van der Waals surface area contributed by atoms with E-state index in [1.165, 1.54) is 16.9 Å². The van der Waals surface area contributed by atoms with Gasteiger partial charge < -0.3 is 10.1 Å². The first-order valence-corrected chi connectivity index (χ1v) is 7.31. The highest BCUT2D eigenvalue weighted by atomic mass is 32.2. The summed E-state index contributed by atoms with van der Waals surface area (Å²) in [7, 11) is 0. The summed E-state index contributed by atoms with van der Waals surface area (Å²) in [5.74, 6) is 0. The summed E-state index contributed by atoms with van der Waals surface area (Å²) < 4.78 is 5.71. The van der Waals surface area contributed by atoms with Crippen LogP contribution >= 0.6 is 11.8 Å². The summed E-state index contributed by atoms with van der Waals surface area (Å²) in [6, 6.07) is 8.68. The molecule has 0 saturated carbocycles. The third kappa shape index (κ3) is 4.02. The van der Waals surface area contributed by atoms with E-state index < -0.39 is 0 Å². The van der Waals surface area contributed by atoms with Gasteiger partial charge in [-0.05, 0) is 31.0 Å². The maximum Gasteiger partial charge on any atom is 0.0592 e. The number of ether oxygens (including phenoxy) is 1. The normalized spacial score (nSPS) is 18.3. The number of fused-ring (bicyclic) bond motifs is 1. The Bertz CT molecular complexity index is 318. The first-order chi connectivity index (χ1) is 8.40. The molecule has 1 heterocycles. The van der Waals surface area contributed by atoms with Crippen molar-refractivity contribution in [2.45, 2.75) is 29.9 Å². The highest BCUT2D eigenvalue weighted by Crippen LogP contribution is 2.36. The minimum atomic E-state index is 0.610. The maximum absolute atomic E-state index is 5.71. The molecule has 0 aromatic heterocycles. The molecule has 1 aliphatic heterocycles. The fraction of sp³-hybridized carbons (Fsp3) is 0.571. The van der Waals surface area contributed by atoms with Gasteiger partial charge in [0.25, 0.3) is 0 Å². The Morgan fingerprint density at radius 3 is 3.06 bits per heavy atom. The summed E-state index contributed by atoms with van der Waals surface area (Å²) in [6.07, 6.45) is 2.34. The Morgan fingerprint density at radius 1 is 1.35 bits per heavy atom. The summed E-state index contributed by atoms with van der Waals surface area (Å²) in [4.78, 5) is 1.44. The number of benzene rings is 1. The van der Waals surface area contributed by atoms with Gasteiger partial charge in [0.1, 0.15) is 0 Å². The fourth-order valence-corrected chi connectivity index (χ4v) is 3.25. The Kier molecular flexibility index (Phi) is 5.36. The zero-order chi connectivity index (χ0) is 11.9. The van der Waals surface area contributed by atoms with Gasteiger partial charge in [-0.15, -0.1) is 11.8 Å². The lowest BCUT2D eigenvalue weighted by molar-refractivity contribution is 0.137. The van der Waals surface area contributed by atoms with Gasteiger partial charge in [0, 0.05) is 16.7 Å². The molecule has 0 aliphatic carbocycles. The van der Waals surface area contributed by atoms with Gasteiger partial charge in [-0.25, -0.2) is 0 Å². The van der Waals surface area contributed by atoms with Crippen LogP contribution in [0.15, 0.2) is 29.2 Å². The molecule has 0 amide bonds. The molecule has 0 radical (unpaired) electrons. The molecular weight excluding hydrogens is 230 g/mol. The van der Waals surface area contributed by atoms with Crippen LogP contribution in [0.3, 0.4) is 0 Å². The van der Waals surface area contributed by atoms with E-state index in [0.717, 1.165) is 32.7 Å². The first kappa shape index (κ1) is 12.9. The summed E-state index contributed by atoms with van der Waals surface area (Å²) in [6.45, 7) is 5.94. The quantitative estimate of drug-likeness (QED) is 0.753. The molecule has 1 aliphatic rings. The van der Waals surface area contributed by atoms with Crippen molar-refractivity contribution in [1.29, 1.82) is 0 Å². The SMILES string of the molecule is CCCNCCOCC1Cc2ccccc2S1. The topological polar surface area (TPSA) is 21.3 Å². The lowest BCUT2D eigenvalue weighted by Gasteiger charge is -2.09. The molecule has 94 valence electrons. The lowest BCUT2D eigenvalue weighted by atomic mass is 10.1. The summed E-state index contributed by atoms with van der Waals surface area (Å²) in [5.41, 5.74) is 1.48. The highest BCUT2D eigenvalue weighted by molar-refractivity contribution is 8.00. The van der Waals surface area contributed by atoms with E-state index in [1.54, 1.807) is 0 Å². The molecule has 2 rings (SSSR count). The van der Waals surface area contributed by atoms with Gasteiger partial charge in [-0.1, -0.05) is 25.1 Å². The summed E-state index contributed by atoms with van der Waals surface area (Å²) >= 11 is 1.96. The second-order valence-corrected chi connectivity index (χ2v) is 5.72. The van der Waals surface area contributed by atoms with E-state index in [0.29, 0.717) is 5.25 Å². The molecule has 3 heteroatoms. The maximum atomic E-state index is 5.71. The van der Waals surface area contributed by atoms with Gasteiger partial charge >= 0.3 is 0 Å². The van der Waals surface area contributed by atoms with Crippen molar-refractivity contribution in [2.24, 2.45) is 0 Å². The van der Waals surface area contributed by atoms with Gasteiger partial charge in [0.05, 0.1) is 13.2 Å². The molecule has 17 heavy (non-hydrogen) atoms. The van der Waals surface area contributed by atoms with Gasteiger partial charge in [0.2, 0.25) is 0 Å². The van der Waals surface area contributed by atoms with Crippen molar-refractivity contribution in [1.82, 2.24) is 5.32 Å². The van der Waals surface area contributed by atoms with Gasteiger partial charge in [0.15, 0.2) is 0 Å². The molecule has 1 N–H and O–H groups in total. The predicted octanol–water partition coefficient (Wildman–Crippen LogP) is 2.72. The van der Waals surface area contributed by atoms with Gasteiger partial charge in [-0.3, -0.25) is 0 Å². The minimum Gasteiger partial charge on any atom is -0.379 e. The molecule has 1 aromatic carbocycles. The standard InChI is InChI=1S/C14H21NOS/c1-2-7-15-8-9-16-11-13-10-12-5-3-4-6-14(12)17-13/h3-6,13,15H,2,7-11H2,1H3. The van der Waals surface area contributed by atoms with Crippen molar-refractivity contribution >= 4 is 11.8 Å². The number of nitrogens with one attached hydrogen (secondary N) is 1. The highest BCUT2D eigenvalue weighted by Gasteiger charge is 2.21. The van der Waals surface area contributed by atoms with Crippen LogP contribution < -0.4 is 5.32 Å².